The molecular weight excluding hydrogens is 314 g/mol. The monoisotopic (exact) mass is 333 g/mol. The Morgan fingerprint density at radius 2 is 1.86 bits per heavy atom. The number of nitrogens with one attached hydrogen (secondary N) is 2. The van der Waals surface area contributed by atoms with E-state index in [1.54, 1.807) is 32.0 Å². The van der Waals surface area contributed by atoms with Crippen LogP contribution >= 0.6 is 0 Å². The van der Waals surface area contributed by atoms with Crippen molar-refractivity contribution in [1.82, 2.24) is 4.72 Å². The molecule has 118 valence electrons. The molecule has 21 heavy (non-hydrogen) atoms. The lowest BCUT2D eigenvalue weighted by Gasteiger charge is -2.17. The van der Waals surface area contributed by atoms with Gasteiger partial charge in [-0.05, 0) is 44.0 Å². The maximum absolute atomic E-state index is 11.8. The zero-order valence-corrected chi connectivity index (χ0v) is 13.8. The third kappa shape index (κ3) is 3.86. The summed E-state index contributed by atoms with van der Waals surface area (Å²) in [5.74, 6) is 0. The summed E-state index contributed by atoms with van der Waals surface area (Å²) in [4.78, 5) is 0. The second-order valence-electron chi connectivity index (χ2n) is 5.31. The molecule has 0 atom stereocenters. The first-order valence-corrected chi connectivity index (χ1v) is 9.82. The van der Waals surface area contributed by atoms with Crippen LogP contribution in [0.5, 0.6) is 0 Å². The fourth-order valence-corrected chi connectivity index (χ4v) is 4.35. The molecule has 0 aromatic heterocycles. The molecule has 2 N–H and O–H groups in total. The van der Waals surface area contributed by atoms with Crippen LogP contribution in [0.4, 0.5) is 11.4 Å². The van der Waals surface area contributed by atoms with E-state index in [1.165, 1.54) is 4.31 Å². The van der Waals surface area contributed by atoms with Gasteiger partial charge in [-0.1, -0.05) is 0 Å². The van der Waals surface area contributed by atoms with E-state index in [0.717, 1.165) is 11.8 Å². The zero-order valence-electron chi connectivity index (χ0n) is 12.1. The summed E-state index contributed by atoms with van der Waals surface area (Å²) in [5, 5.41) is 0. The van der Waals surface area contributed by atoms with Crippen molar-refractivity contribution in [3.05, 3.63) is 23.8 Å². The van der Waals surface area contributed by atoms with E-state index in [0.29, 0.717) is 24.3 Å². The molecule has 0 aliphatic carbocycles. The minimum absolute atomic E-state index is 0.211. The lowest BCUT2D eigenvalue weighted by Crippen LogP contribution is -2.35. The molecule has 0 bridgehead atoms. The van der Waals surface area contributed by atoms with E-state index < -0.39 is 20.2 Å². The highest BCUT2D eigenvalue weighted by Crippen LogP contribution is 2.32. The third-order valence-electron chi connectivity index (χ3n) is 2.98. The number of sulfonamides is 1. The Morgan fingerprint density at radius 1 is 1.19 bits per heavy atom. The van der Waals surface area contributed by atoms with Gasteiger partial charge in [0.1, 0.15) is 0 Å². The van der Waals surface area contributed by atoms with Crippen molar-refractivity contribution in [3.63, 3.8) is 0 Å². The van der Waals surface area contributed by atoms with Crippen LogP contribution in [0.2, 0.25) is 0 Å². The average molecular weight is 333 g/mol. The highest BCUT2D eigenvalue weighted by Gasteiger charge is 2.26. The molecule has 1 aliphatic heterocycles. The second kappa shape index (κ2) is 5.47. The van der Waals surface area contributed by atoms with Gasteiger partial charge in [0.25, 0.3) is 10.2 Å². The fourth-order valence-electron chi connectivity index (χ4n) is 2.27. The van der Waals surface area contributed by atoms with Crippen molar-refractivity contribution in [3.8, 4) is 0 Å². The first-order valence-electron chi connectivity index (χ1n) is 6.49. The van der Waals surface area contributed by atoms with Crippen LogP contribution in [0, 0.1) is 0 Å². The molecule has 1 heterocycles. The molecule has 0 amide bonds. The quantitative estimate of drug-likeness (QED) is 0.827. The standard InChI is InChI=1S/C12H19N3O4S2/c1-9(2)13-21(18,19)14-11-4-5-12-10(8-11)6-7-15(12)20(3,16)17/h4-5,8-9,13-14H,6-7H2,1-3H3. The Balaban J connectivity index is 2.25. The lowest BCUT2D eigenvalue weighted by atomic mass is 10.1. The van der Waals surface area contributed by atoms with Crippen molar-refractivity contribution >= 4 is 31.6 Å². The Morgan fingerprint density at radius 3 is 2.43 bits per heavy atom. The summed E-state index contributed by atoms with van der Waals surface area (Å²) in [6.45, 7) is 3.84. The normalized spacial score (nSPS) is 15.3. The van der Waals surface area contributed by atoms with Gasteiger partial charge in [-0.25, -0.2) is 8.42 Å². The summed E-state index contributed by atoms with van der Waals surface area (Å²) < 4.78 is 53.1. The van der Waals surface area contributed by atoms with Crippen molar-refractivity contribution in [2.45, 2.75) is 26.3 Å². The van der Waals surface area contributed by atoms with Crippen molar-refractivity contribution in [1.29, 1.82) is 0 Å². The Hall–Kier alpha value is -1.32. The van der Waals surface area contributed by atoms with Gasteiger partial charge in [-0.3, -0.25) is 9.03 Å². The van der Waals surface area contributed by atoms with Crippen molar-refractivity contribution in [2.24, 2.45) is 0 Å². The van der Waals surface area contributed by atoms with E-state index in [9.17, 15) is 16.8 Å². The summed E-state index contributed by atoms with van der Waals surface area (Å²) in [6.07, 6.45) is 1.72. The predicted molar refractivity (Wildman–Crippen MR) is 83.2 cm³/mol. The minimum Gasteiger partial charge on any atom is -0.271 e. The van der Waals surface area contributed by atoms with Gasteiger partial charge in [0.2, 0.25) is 10.0 Å². The molecule has 0 spiro atoms. The lowest BCUT2D eigenvalue weighted by molar-refractivity contribution is 0.575. The zero-order chi connectivity index (χ0) is 15.8. The van der Waals surface area contributed by atoms with E-state index >= 15 is 0 Å². The SMILES string of the molecule is CC(C)NS(=O)(=O)Nc1ccc2c(c1)CCN2S(C)(=O)=O. The van der Waals surface area contributed by atoms with Gasteiger partial charge in [0, 0.05) is 12.6 Å². The van der Waals surface area contributed by atoms with Gasteiger partial charge in [0.15, 0.2) is 0 Å². The molecule has 0 fully saturated rings. The highest BCUT2D eigenvalue weighted by molar-refractivity contribution is 7.92. The predicted octanol–water partition coefficient (Wildman–Crippen LogP) is 0.663. The maximum Gasteiger partial charge on any atom is 0.299 e. The highest BCUT2D eigenvalue weighted by atomic mass is 32.2. The molecule has 0 radical (unpaired) electrons. The van der Waals surface area contributed by atoms with Gasteiger partial charge in [0.05, 0.1) is 17.6 Å². The first-order chi connectivity index (χ1) is 9.58. The van der Waals surface area contributed by atoms with Gasteiger partial charge in [-0.2, -0.15) is 13.1 Å². The van der Waals surface area contributed by atoms with Gasteiger partial charge >= 0.3 is 0 Å². The number of hydrogen-bond acceptors (Lipinski definition) is 4. The summed E-state index contributed by atoms with van der Waals surface area (Å²) in [6, 6.07) is 4.64. The van der Waals surface area contributed by atoms with E-state index in [2.05, 4.69) is 9.44 Å². The first kappa shape index (κ1) is 16.1. The van der Waals surface area contributed by atoms with Crippen LogP contribution in [-0.4, -0.2) is 35.7 Å². The fraction of sp³-hybridized carbons (Fsp3) is 0.500. The minimum atomic E-state index is -3.63. The number of benzene rings is 1. The van der Waals surface area contributed by atoms with Crippen LogP contribution in [0.15, 0.2) is 18.2 Å². The molecule has 1 aromatic rings. The van der Waals surface area contributed by atoms with Crippen molar-refractivity contribution < 1.29 is 16.8 Å². The molecule has 0 saturated heterocycles. The summed E-state index contributed by atoms with van der Waals surface area (Å²) in [5.41, 5.74) is 1.83. The molecule has 2 rings (SSSR count). The van der Waals surface area contributed by atoms with Crippen LogP contribution in [-0.2, 0) is 26.7 Å². The molecular formula is C12H19N3O4S2. The molecule has 1 aromatic carbocycles. The largest absolute Gasteiger partial charge is 0.299 e. The molecule has 0 unspecified atom stereocenters. The van der Waals surface area contributed by atoms with Crippen LogP contribution in [0.3, 0.4) is 0 Å². The number of anilines is 2. The molecule has 9 heteroatoms. The van der Waals surface area contributed by atoms with Crippen molar-refractivity contribution in [2.75, 3.05) is 21.8 Å². The van der Waals surface area contributed by atoms with Crippen LogP contribution in [0.1, 0.15) is 19.4 Å². The van der Waals surface area contributed by atoms with Crippen LogP contribution in [0.25, 0.3) is 0 Å². The molecule has 0 saturated carbocycles. The number of fused-ring (bicyclic) bond motifs is 1. The van der Waals surface area contributed by atoms with Gasteiger partial charge < -0.3 is 0 Å². The number of nitrogens with zero attached hydrogens (tertiary/aromatic N) is 1. The average Bonchev–Trinajstić information content (AvgIpc) is 2.68. The Bertz CT molecular complexity index is 742. The second-order valence-corrected chi connectivity index (χ2v) is 8.66. The summed E-state index contributed by atoms with van der Waals surface area (Å²) >= 11 is 0. The van der Waals surface area contributed by atoms with E-state index in [-0.39, 0.29) is 6.04 Å². The molecule has 7 nitrogen and oxygen atoms in total. The number of rotatable bonds is 5. The van der Waals surface area contributed by atoms with Gasteiger partial charge in [-0.15, -0.1) is 0 Å². The van der Waals surface area contributed by atoms with E-state index in [4.69, 9.17) is 0 Å². The topological polar surface area (TPSA) is 95.6 Å². The molecule has 1 aliphatic rings. The Kier molecular flexibility index (Phi) is 4.18. The van der Waals surface area contributed by atoms with Crippen LogP contribution < -0.4 is 13.7 Å². The Labute approximate surface area is 125 Å². The summed E-state index contributed by atoms with van der Waals surface area (Å²) in [7, 11) is -6.92. The number of hydrogen-bond donors (Lipinski definition) is 2. The third-order valence-corrected chi connectivity index (χ3v) is 5.44. The maximum atomic E-state index is 11.8. The smallest absolute Gasteiger partial charge is 0.271 e. The van der Waals surface area contributed by atoms with E-state index in [1.807, 2.05) is 0 Å².